The zero-order chi connectivity index (χ0) is 13.4. The van der Waals surface area contributed by atoms with Crippen molar-refractivity contribution in [2.45, 2.75) is 50.9 Å². The molecule has 18 heavy (non-hydrogen) atoms. The van der Waals surface area contributed by atoms with Gasteiger partial charge in [-0.3, -0.25) is 0 Å². The van der Waals surface area contributed by atoms with Gasteiger partial charge in [0, 0.05) is 6.54 Å². The van der Waals surface area contributed by atoms with Gasteiger partial charge in [0.1, 0.15) is 0 Å². The van der Waals surface area contributed by atoms with Gasteiger partial charge in [-0.1, -0.05) is 6.92 Å². The molecule has 0 bridgehead atoms. The molecule has 1 saturated carbocycles. The van der Waals surface area contributed by atoms with Crippen LogP contribution in [0.2, 0.25) is 0 Å². The molecule has 0 radical (unpaired) electrons. The summed E-state index contributed by atoms with van der Waals surface area (Å²) < 4.78 is 5.68. The van der Waals surface area contributed by atoms with Crippen molar-refractivity contribution in [2.24, 2.45) is 5.92 Å². The van der Waals surface area contributed by atoms with Crippen molar-refractivity contribution in [3.63, 3.8) is 0 Å². The lowest BCUT2D eigenvalue weighted by Gasteiger charge is -2.27. The van der Waals surface area contributed by atoms with E-state index in [1.807, 2.05) is 0 Å². The molecule has 0 aromatic heterocycles. The van der Waals surface area contributed by atoms with Crippen LogP contribution in [-0.4, -0.2) is 59.9 Å². The first-order valence-electron chi connectivity index (χ1n) is 6.90. The van der Waals surface area contributed by atoms with Gasteiger partial charge in [0.25, 0.3) is 0 Å². The SMILES string of the molecule is CC1CCC(OCC(O)CNC(CO)CO)CC1. The van der Waals surface area contributed by atoms with Crippen LogP contribution in [-0.2, 0) is 4.74 Å². The molecule has 0 aromatic rings. The van der Waals surface area contributed by atoms with E-state index in [1.54, 1.807) is 0 Å². The Morgan fingerprint density at radius 2 is 1.78 bits per heavy atom. The monoisotopic (exact) mass is 261 g/mol. The molecule has 5 heteroatoms. The lowest BCUT2D eigenvalue weighted by atomic mass is 9.89. The van der Waals surface area contributed by atoms with E-state index in [0.29, 0.717) is 13.2 Å². The zero-order valence-corrected chi connectivity index (χ0v) is 11.2. The molecule has 0 amide bonds. The van der Waals surface area contributed by atoms with E-state index in [0.717, 1.165) is 18.8 Å². The number of aliphatic hydroxyl groups excluding tert-OH is 3. The Morgan fingerprint density at radius 1 is 1.17 bits per heavy atom. The van der Waals surface area contributed by atoms with Crippen molar-refractivity contribution < 1.29 is 20.1 Å². The van der Waals surface area contributed by atoms with Crippen molar-refractivity contribution in [2.75, 3.05) is 26.4 Å². The third-order valence-corrected chi connectivity index (χ3v) is 3.57. The van der Waals surface area contributed by atoms with Gasteiger partial charge in [-0.05, 0) is 31.6 Å². The van der Waals surface area contributed by atoms with Crippen molar-refractivity contribution in [3.05, 3.63) is 0 Å². The Hall–Kier alpha value is -0.200. The minimum Gasteiger partial charge on any atom is -0.395 e. The lowest BCUT2D eigenvalue weighted by molar-refractivity contribution is -0.0292. The molecule has 0 heterocycles. The Morgan fingerprint density at radius 3 is 2.33 bits per heavy atom. The van der Waals surface area contributed by atoms with E-state index >= 15 is 0 Å². The second-order valence-electron chi connectivity index (χ2n) is 5.34. The topological polar surface area (TPSA) is 82.0 Å². The normalized spacial score (nSPS) is 26.5. The second kappa shape index (κ2) is 8.82. The molecule has 1 unspecified atom stereocenters. The van der Waals surface area contributed by atoms with Gasteiger partial charge in [-0.15, -0.1) is 0 Å². The molecule has 1 aliphatic carbocycles. The summed E-state index contributed by atoms with van der Waals surface area (Å²) in [7, 11) is 0. The van der Waals surface area contributed by atoms with E-state index in [-0.39, 0.29) is 25.4 Å². The van der Waals surface area contributed by atoms with Crippen LogP contribution in [0.3, 0.4) is 0 Å². The first kappa shape index (κ1) is 15.9. The van der Waals surface area contributed by atoms with Gasteiger partial charge in [0.05, 0.1) is 38.1 Å². The Bertz CT molecular complexity index is 203. The molecular weight excluding hydrogens is 234 g/mol. The number of rotatable bonds is 8. The van der Waals surface area contributed by atoms with Gasteiger partial charge in [0.2, 0.25) is 0 Å². The molecule has 1 aliphatic rings. The van der Waals surface area contributed by atoms with Gasteiger partial charge in [-0.2, -0.15) is 0 Å². The van der Waals surface area contributed by atoms with Crippen LogP contribution in [0.25, 0.3) is 0 Å². The highest BCUT2D eigenvalue weighted by Crippen LogP contribution is 2.25. The molecule has 4 N–H and O–H groups in total. The third-order valence-electron chi connectivity index (χ3n) is 3.57. The van der Waals surface area contributed by atoms with Crippen LogP contribution < -0.4 is 5.32 Å². The maximum Gasteiger partial charge on any atom is 0.0897 e. The average Bonchev–Trinajstić information content (AvgIpc) is 2.39. The van der Waals surface area contributed by atoms with Gasteiger partial charge in [0.15, 0.2) is 0 Å². The largest absolute Gasteiger partial charge is 0.395 e. The first-order chi connectivity index (χ1) is 8.65. The van der Waals surface area contributed by atoms with Crippen molar-refractivity contribution in [1.82, 2.24) is 5.32 Å². The van der Waals surface area contributed by atoms with E-state index in [2.05, 4.69) is 12.2 Å². The van der Waals surface area contributed by atoms with Crippen LogP contribution in [0.4, 0.5) is 0 Å². The summed E-state index contributed by atoms with van der Waals surface area (Å²) in [6.45, 7) is 2.64. The molecule has 0 aliphatic heterocycles. The van der Waals surface area contributed by atoms with Crippen LogP contribution in [0.5, 0.6) is 0 Å². The Balaban J connectivity index is 2.07. The van der Waals surface area contributed by atoms with Gasteiger partial charge in [-0.25, -0.2) is 0 Å². The number of nitrogens with one attached hydrogen (secondary N) is 1. The maximum atomic E-state index is 9.72. The van der Waals surface area contributed by atoms with Crippen LogP contribution >= 0.6 is 0 Å². The van der Waals surface area contributed by atoms with E-state index in [4.69, 9.17) is 14.9 Å². The summed E-state index contributed by atoms with van der Waals surface area (Å²) in [5.41, 5.74) is 0. The standard InChI is InChI=1S/C13H27NO4/c1-10-2-4-13(5-3-10)18-9-12(17)6-14-11(7-15)8-16/h10-17H,2-9H2,1H3. The predicted molar refractivity (Wildman–Crippen MR) is 69.3 cm³/mol. The van der Waals surface area contributed by atoms with E-state index in [9.17, 15) is 5.11 Å². The lowest BCUT2D eigenvalue weighted by Crippen LogP contribution is -2.42. The van der Waals surface area contributed by atoms with Crippen molar-refractivity contribution in [1.29, 1.82) is 0 Å². The maximum absolute atomic E-state index is 9.72. The van der Waals surface area contributed by atoms with Crippen LogP contribution in [0.1, 0.15) is 32.6 Å². The first-order valence-corrected chi connectivity index (χ1v) is 6.90. The van der Waals surface area contributed by atoms with Crippen molar-refractivity contribution >= 4 is 0 Å². The highest BCUT2D eigenvalue weighted by Gasteiger charge is 2.19. The smallest absolute Gasteiger partial charge is 0.0897 e. The zero-order valence-electron chi connectivity index (χ0n) is 11.2. The minimum atomic E-state index is -0.593. The Kier molecular flexibility index (Phi) is 7.77. The second-order valence-corrected chi connectivity index (χ2v) is 5.34. The van der Waals surface area contributed by atoms with Gasteiger partial charge >= 0.3 is 0 Å². The summed E-state index contributed by atoms with van der Waals surface area (Å²) >= 11 is 0. The van der Waals surface area contributed by atoms with Gasteiger partial charge < -0.3 is 25.4 Å². The fourth-order valence-electron chi connectivity index (χ4n) is 2.19. The molecule has 1 rings (SSSR count). The molecule has 0 saturated heterocycles. The molecule has 1 fully saturated rings. The number of aliphatic hydroxyl groups is 3. The fourth-order valence-corrected chi connectivity index (χ4v) is 2.19. The highest BCUT2D eigenvalue weighted by atomic mass is 16.5. The molecule has 5 nitrogen and oxygen atoms in total. The van der Waals surface area contributed by atoms with Crippen molar-refractivity contribution in [3.8, 4) is 0 Å². The summed E-state index contributed by atoms with van der Waals surface area (Å²) in [6.07, 6.45) is 4.26. The van der Waals surface area contributed by atoms with E-state index < -0.39 is 6.10 Å². The summed E-state index contributed by atoms with van der Waals surface area (Å²) in [5.74, 6) is 0.798. The highest BCUT2D eigenvalue weighted by molar-refractivity contribution is 4.72. The number of ether oxygens (including phenoxy) is 1. The predicted octanol–water partition coefficient (Wildman–Crippen LogP) is -0.115. The van der Waals surface area contributed by atoms with Crippen LogP contribution in [0, 0.1) is 5.92 Å². The summed E-state index contributed by atoms with van der Waals surface area (Å²) in [6, 6.07) is -0.366. The summed E-state index contributed by atoms with van der Waals surface area (Å²) in [5, 5.41) is 30.3. The molecular formula is C13H27NO4. The number of hydrogen-bond donors (Lipinski definition) is 4. The molecule has 0 aromatic carbocycles. The summed E-state index contributed by atoms with van der Waals surface area (Å²) in [4.78, 5) is 0. The number of hydrogen-bond acceptors (Lipinski definition) is 5. The molecule has 1 atom stereocenters. The average molecular weight is 261 g/mol. The van der Waals surface area contributed by atoms with E-state index in [1.165, 1.54) is 12.8 Å². The third kappa shape index (κ3) is 6.11. The van der Waals surface area contributed by atoms with Crippen LogP contribution in [0.15, 0.2) is 0 Å². The fraction of sp³-hybridized carbons (Fsp3) is 1.00. The molecule has 0 spiro atoms. The Labute approximate surface area is 109 Å². The molecule has 108 valence electrons. The quantitative estimate of drug-likeness (QED) is 0.490. The minimum absolute atomic E-state index is 0.134.